The van der Waals surface area contributed by atoms with Crippen LogP contribution in [0, 0.1) is 0 Å². The van der Waals surface area contributed by atoms with Gasteiger partial charge in [-0.05, 0) is 37.4 Å². The lowest BCUT2D eigenvalue weighted by Gasteiger charge is -2.14. The topological polar surface area (TPSA) is 75.5 Å². The molecule has 4 aromatic heterocycles. The molecule has 2 atom stereocenters. The number of quaternary nitrogens is 1. The van der Waals surface area contributed by atoms with Crippen LogP contribution in [0.25, 0.3) is 20.7 Å². The Hall–Kier alpha value is -2.22. The molecule has 0 aliphatic rings. The highest BCUT2D eigenvalue weighted by Gasteiger charge is 2.21. The SMILES string of the molecule is C[C@@H]([NH2+][C@H](C)c1ccco1)c1nc2scc(-c3cccs3)c2c(=O)[nH]1. The molecular weight excluding hydrogens is 354 g/mol. The van der Waals surface area contributed by atoms with Gasteiger partial charge in [-0.15, -0.1) is 22.7 Å². The molecule has 0 saturated carbocycles. The highest BCUT2D eigenvalue weighted by molar-refractivity contribution is 7.18. The van der Waals surface area contributed by atoms with Gasteiger partial charge in [0.05, 0.1) is 11.6 Å². The maximum Gasteiger partial charge on any atom is 0.260 e. The summed E-state index contributed by atoms with van der Waals surface area (Å²) in [6, 6.07) is 8.03. The number of nitrogens with two attached hydrogens (primary N) is 1. The number of nitrogens with one attached hydrogen (secondary N) is 1. The van der Waals surface area contributed by atoms with Crippen LogP contribution in [0.2, 0.25) is 0 Å². The quantitative estimate of drug-likeness (QED) is 0.561. The Kier molecular flexibility index (Phi) is 4.29. The van der Waals surface area contributed by atoms with E-state index < -0.39 is 0 Å². The Morgan fingerprint density at radius 3 is 2.80 bits per heavy atom. The van der Waals surface area contributed by atoms with Gasteiger partial charge in [-0.2, -0.15) is 0 Å². The van der Waals surface area contributed by atoms with Crippen molar-refractivity contribution >= 4 is 32.9 Å². The first-order valence-corrected chi connectivity index (χ1v) is 9.83. The lowest BCUT2D eigenvalue weighted by atomic mass is 10.2. The van der Waals surface area contributed by atoms with Crippen molar-refractivity contribution in [3.05, 3.63) is 63.2 Å². The average molecular weight is 372 g/mol. The Labute approximate surface area is 152 Å². The molecule has 0 amide bonds. The van der Waals surface area contributed by atoms with Gasteiger partial charge in [0.15, 0.2) is 11.6 Å². The van der Waals surface area contributed by atoms with Gasteiger partial charge >= 0.3 is 0 Å². The largest absolute Gasteiger partial charge is 0.463 e. The molecule has 0 spiro atoms. The average Bonchev–Trinajstić information content (AvgIpc) is 3.34. The number of hydrogen-bond acceptors (Lipinski definition) is 5. The Bertz CT molecular complexity index is 1030. The number of aromatic nitrogens is 2. The third kappa shape index (κ3) is 3.06. The molecule has 0 aromatic carbocycles. The molecule has 0 unspecified atom stereocenters. The third-order valence-electron chi connectivity index (χ3n) is 4.25. The smallest absolute Gasteiger partial charge is 0.260 e. The second kappa shape index (κ2) is 6.59. The number of nitrogens with zero attached hydrogens (tertiary/aromatic N) is 1. The van der Waals surface area contributed by atoms with E-state index in [4.69, 9.17) is 9.40 Å². The molecule has 4 rings (SSSR count). The molecule has 0 radical (unpaired) electrons. The Morgan fingerprint density at radius 2 is 2.08 bits per heavy atom. The zero-order valence-corrected chi connectivity index (χ0v) is 15.5. The summed E-state index contributed by atoms with van der Waals surface area (Å²) in [6.45, 7) is 4.11. The van der Waals surface area contributed by atoms with Crippen LogP contribution in [0.15, 0.2) is 50.5 Å². The predicted octanol–water partition coefficient (Wildman–Crippen LogP) is 3.69. The first kappa shape index (κ1) is 16.3. The highest BCUT2D eigenvalue weighted by Crippen LogP contribution is 2.33. The number of rotatable bonds is 5. The number of fused-ring (bicyclic) bond motifs is 1. The second-order valence-electron chi connectivity index (χ2n) is 6.04. The summed E-state index contributed by atoms with van der Waals surface area (Å²) >= 11 is 3.15. The van der Waals surface area contributed by atoms with Crippen molar-refractivity contribution in [1.29, 1.82) is 0 Å². The predicted molar refractivity (Wildman–Crippen MR) is 101 cm³/mol. The van der Waals surface area contributed by atoms with Crippen molar-refractivity contribution in [1.82, 2.24) is 9.97 Å². The summed E-state index contributed by atoms with van der Waals surface area (Å²) < 4.78 is 5.45. The normalized spacial score (nSPS) is 14.0. The van der Waals surface area contributed by atoms with Gasteiger partial charge in [0.1, 0.15) is 16.9 Å². The van der Waals surface area contributed by atoms with E-state index in [1.165, 1.54) is 11.3 Å². The first-order valence-electron chi connectivity index (χ1n) is 8.07. The Morgan fingerprint density at radius 1 is 1.20 bits per heavy atom. The van der Waals surface area contributed by atoms with E-state index in [2.05, 4.69) is 17.2 Å². The van der Waals surface area contributed by atoms with E-state index in [0.29, 0.717) is 11.2 Å². The number of furan rings is 1. The van der Waals surface area contributed by atoms with Crippen LogP contribution in [-0.4, -0.2) is 9.97 Å². The van der Waals surface area contributed by atoms with Crippen LogP contribution in [0.1, 0.15) is 37.5 Å². The lowest BCUT2D eigenvalue weighted by molar-refractivity contribution is -0.731. The van der Waals surface area contributed by atoms with Crippen molar-refractivity contribution in [2.75, 3.05) is 0 Å². The van der Waals surface area contributed by atoms with Crippen LogP contribution >= 0.6 is 22.7 Å². The maximum absolute atomic E-state index is 12.7. The van der Waals surface area contributed by atoms with Gasteiger partial charge in [-0.3, -0.25) is 4.79 Å². The fraction of sp³-hybridized carbons (Fsp3) is 0.222. The van der Waals surface area contributed by atoms with Gasteiger partial charge in [0, 0.05) is 15.8 Å². The van der Waals surface area contributed by atoms with Crippen LogP contribution in [-0.2, 0) is 0 Å². The molecule has 4 aromatic rings. The first-order chi connectivity index (χ1) is 12.1. The lowest BCUT2D eigenvalue weighted by Crippen LogP contribution is -2.85. The van der Waals surface area contributed by atoms with Crippen molar-refractivity contribution in [3.8, 4) is 10.4 Å². The van der Waals surface area contributed by atoms with E-state index in [-0.39, 0.29) is 17.6 Å². The minimum Gasteiger partial charge on any atom is -0.463 e. The second-order valence-corrected chi connectivity index (χ2v) is 7.85. The van der Waals surface area contributed by atoms with Gasteiger partial charge in [0.2, 0.25) is 0 Å². The van der Waals surface area contributed by atoms with Crippen molar-refractivity contribution in [3.63, 3.8) is 0 Å². The summed E-state index contributed by atoms with van der Waals surface area (Å²) in [6.07, 6.45) is 1.67. The molecule has 5 nitrogen and oxygen atoms in total. The molecule has 7 heteroatoms. The standard InChI is InChI=1S/C18H17N3O2S2/c1-10(13-5-3-7-23-13)19-11(2)16-20-17(22)15-12(9-25-18(15)21-16)14-6-4-8-24-14/h3-11,19H,1-2H3,(H,20,21,22)/p+1/t10-,11-/m1/s1. The summed E-state index contributed by atoms with van der Waals surface area (Å²) in [5, 5.41) is 6.85. The van der Waals surface area contributed by atoms with Gasteiger partial charge in [0.25, 0.3) is 5.56 Å². The third-order valence-corrected chi connectivity index (χ3v) is 6.02. The van der Waals surface area contributed by atoms with E-state index in [1.807, 2.05) is 41.9 Å². The van der Waals surface area contributed by atoms with Crippen molar-refractivity contribution in [2.45, 2.75) is 25.9 Å². The van der Waals surface area contributed by atoms with Crippen LogP contribution in [0.5, 0.6) is 0 Å². The van der Waals surface area contributed by atoms with E-state index in [0.717, 1.165) is 21.0 Å². The van der Waals surface area contributed by atoms with Crippen molar-refractivity contribution in [2.24, 2.45) is 0 Å². The molecule has 0 aliphatic heterocycles. The molecule has 128 valence electrons. The van der Waals surface area contributed by atoms with Crippen LogP contribution in [0.4, 0.5) is 0 Å². The summed E-state index contributed by atoms with van der Waals surface area (Å²) in [7, 11) is 0. The molecule has 0 bridgehead atoms. The van der Waals surface area contributed by atoms with Gasteiger partial charge in [-0.25, -0.2) is 4.98 Å². The fourth-order valence-electron chi connectivity index (χ4n) is 2.96. The zero-order valence-electron chi connectivity index (χ0n) is 13.9. The monoisotopic (exact) mass is 372 g/mol. The number of hydrogen-bond donors (Lipinski definition) is 2. The summed E-state index contributed by atoms with van der Waals surface area (Å²) in [4.78, 5) is 22.2. The summed E-state index contributed by atoms with van der Waals surface area (Å²) in [5.41, 5.74) is 0.895. The number of aromatic amines is 1. The zero-order chi connectivity index (χ0) is 17.4. The van der Waals surface area contributed by atoms with E-state index in [1.54, 1.807) is 17.6 Å². The highest BCUT2D eigenvalue weighted by atomic mass is 32.1. The number of H-pyrrole nitrogens is 1. The molecule has 4 heterocycles. The van der Waals surface area contributed by atoms with Gasteiger partial charge < -0.3 is 14.7 Å². The maximum atomic E-state index is 12.7. The molecule has 25 heavy (non-hydrogen) atoms. The minimum atomic E-state index is -0.0736. The number of thiophene rings is 2. The molecule has 0 saturated heterocycles. The fourth-order valence-corrected chi connectivity index (χ4v) is 4.73. The molecule has 3 N–H and O–H groups in total. The van der Waals surface area contributed by atoms with E-state index in [9.17, 15) is 4.79 Å². The molecule has 0 fully saturated rings. The minimum absolute atomic E-state index is 0.0180. The van der Waals surface area contributed by atoms with Crippen LogP contribution in [0.3, 0.4) is 0 Å². The van der Waals surface area contributed by atoms with Crippen molar-refractivity contribution < 1.29 is 9.73 Å². The molecular formula is C18H18N3O2S2+. The summed E-state index contributed by atoms with van der Waals surface area (Å²) in [5.74, 6) is 1.60. The van der Waals surface area contributed by atoms with E-state index >= 15 is 0 Å². The molecule has 0 aliphatic carbocycles. The van der Waals surface area contributed by atoms with Crippen LogP contribution < -0.4 is 10.9 Å². The Balaban J connectivity index is 1.66. The van der Waals surface area contributed by atoms with Gasteiger partial charge in [-0.1, -0.05) is 6.07 Å².